The molecule has 0 saturated heterocycles. The summed E-state index contributed by atoms with van der Waals surface area (Å²) in [5.74, 6) is -0.648. The molecule has 0 heterocycles. The van der Waals surface area contributed by atoms with Gasteiger partial charge in [0.05, 0.1) is 20.6 Å². The second-order valence-corrected chi connectivity index (χ2v) is 13.7. The molecule has 3 aromatic rings. The summed E-state index contributed by atoms with van der Waals surface area (Å²) in [7, 11) is -4.15. The minimum absolute atomic E-state index is 0.0280. The van der Waals surface area contributed by atoms with Gasteiger partial charge >= 0.3 is 0 Å². The Morgan fingerprint density at radius 2 is 1.66 bits per heavy atom. The van der Waals surface area contributed by atoms with Crippen LogP contribution in [0.3, 0.4) is 0 Å². The van der Waals surface area contributed by atoms with Gasteiger partial charge in [0.1, 0.15) is 12.6 Å². The van der Waals surface area contributed by atoms with Crippen molar-refractivity contribution in [2.24, 2.45) is 5.92 Å². The molecule has 3 aromatic carbocycles. The number of amides is 2. The van der Waals surface area contributed by atoms with Crippen molar-refractivity contribution in [3.05, 3.63) is 92.4 Å². The van der Waals surface area contributed by atoms with E-state index >= 15 is 0 Å². The van der Waals surface area contributed by atoms with Gasteiger partial charge in [0, 0.05) is 17.6 Å². The lowest BCUT2D eigenvalue weighted by atomic mass is 10.1. The first-order valence-electron chi connectivity index (χ1n) is 13.2. The van der Waals surface area contributed by atoms with Crippen LogP contribution in [0.5, 0.6) is 0 Å². The van der Waals surface area contributed by atoms with Crippen LogP contribution in [0, 0.1) is 12.8 Å². The Kier molecular flexibility index (Phi) is 11.7. The van der Waals surface area contributed by atoms with Crippen LogP contribution in [0.25, 0.3) is 0 Å². The van der Waals surface area contributed by atoms with Gasteiger partial charge in [0.15, 0.2) is 0 Å². The highest BCUT2D eigenvalue weighted by Crippen LogP contribution is 2.28. The van der Waals surface area contributed by atoms with E-state index in [1.54, 1.807) is 54.6 Å². The number of benzene rings is 3. The maximum absolute atomic E-state index is 14.1. The SMILES string of the molecule is CC[C@@H](C(=O)NCC(C)C)N(Cc1ccc(Cl)c(Cl)c1)C(=O)CN(c1cccc(Br)c1)S(=O)(=O)c1ccc(C)cc1. The van der Waals surface area contributed by atoms with Crippen molar-refractivity contribution in [3.8, 4) is 0 Å². The Morgan fingerprint density at radius 1 is 0.976 bits per heavy atom. The van der Waals surface area contributed by atoms with Crippen molar-refractivity contribution in [2.75, 3.05) is 17.4 Å². The monoisotopic (exact) mass is 681 g/mol. The molecule has 1 N–H and O–H groups in total. The number of carbonyl (C=O) groups excluding carboxylic acids is 2. The van der Waals surface area contributed by atoms with Crippen molar-refractivity contribution in [1.82, 2.24) is 10.2 Å². The summed E-state index contributed by atoms with van der Waals surface area (Å²) in [5.41, 5.74) is 1.86. The van der Waals surface area contributed by atoms with Gasteiger partial charge in [-0.15, -0.1) is 0 Å². The van der Waals surface area contributed by atoms with Crippen LogP contribution in [0.4, 0.5) is 5.69 Å². The molecule has 0 saturated carbocycles. The van der Waals surface area contributed by atoms with Gasteiger partial charge in [-0.3, -0.25) is 13.9 Å². The van der Waals surface area contributed by atoms with E-state index in [-0.39, 0.29) is 23.3 Å². The fourth-order valence-electron chi connectivity index (χ4n) is 4.17. The fraction of sp³-hybridized carbons (Fsp3) is 0.333. The predicted molar refractivity (Wildman–Crippen MR) is 169 cm³/mol. The highest BCUT2D eigenvalue weighted by molar-refractivity contribution is 9.10. The van der Waals surface area contributed by atoms with Gasteiger partial charge in [-0.1, -0.05) is 89.7 Å². The second-order valence-electron chi connectivity index (χ2n) is 10.1. The van der Waals surface area contributed by atoms with E-state index in [9.17, 15) is 18.0 Å². The van der Waals surface area contributed by atoms with Crippen LogP contribution in [-0.2, 0) is 26.2 Å². The minimum atomic E-state index is -4.15. The van der Waals surface area contributed by atoms with E-state index in [0.717, 1.165) is 9.87 Å². The number of anilines is 1. The van der Waals surface area contributed by atoms with Gasteiger partial charge < -0.3 is 10.2 Å². The molecule has 0 radical (unpaired) electrons. The van der Waals surface area contributed by atoms with E-state index < -0.39 is 28.5 Å². The van der Waals surface area contributed by atoms with Crippen molar-refractivity contribution in [3.63, 3.8) is 0 Å². The normalized spacial score (nSPS) is 12.2. The Bertz CT molecular complexity index is 1480. The topological polar surface area (TPSA) is 86.8 Å². The largest absolute Gasteiger partial charge is 0.354 e. The van der Waals surface area contributed by atoms with Crippen LogP contribution in [0.2, 0.25) is 10.0 Å². The standard InChI is InChI=1S/C30H34BrCl2N3O4S/c1-5-28(30(38)34-17-20(2)3)35(18-22-11-14-26(32)27(33)15-22)29(37)19-36(24-8-6-7-23(31)16-24)41(39,40)25-12-9-21(4)10-13-25/h6-16,20,28H,5,17-19H2,1-4H3,(H,34,38)/t28-/m0/s1. The molecule has 0 fully saturated rings. The van der Waals surface area contributed by atoms with Crippen molar-refractivity contribution in [1.29, 1.82) is 0 Å². The van der Waals surface area contributed by atoms with Crippen LogP contribution in [-0.4, -0.2) is 44.3 Å². The van der Waals surface area contributed by atoms with Crippen LogP contribution in [0.15, 0.2) is 76.1 Å². The van der Waals surface area contributed by atoms with Crippen molar-refractivity contribution >= 4 is 66.7 Å². The van der Waals surface area contributed by atoms with Crippen LogP contribution in [0.1, 0.15) is 38.3 Å². The second kappa shape index (κ2) is 14.5. The van der Waals surface area contributed by atoms with E-state index in [1.807, 2.05) is 27.7 Å². The molecular formula is C30H34BrCl2N3O4S. The number of aryl methyl sites for hydroxylation is 1. The van der Waals surface area contributed by atoms with E-state index in [0.29, 0.717) is 38.7 Å². The molecule has 3 rings (SSSR count). The lowest BCUT2D eigenvalue weighted by Crippen LogP contribution is -2.52. The molecule has 11 heteroatoms. The minimum Gasteiger partial charge on any atom is -0.354 e. The molecule has 0 aliphatic heterocycles. The maximum Gasteiger partial charge on any atom is 0.264 e. The Morgan fingerprint density at radius 3 is 2.24 bits per heavy atom. The Hall–Kier alpha value is -2.59. The smallest absolute Gasteiger partial charge is 0.264 e. The number of halogens is 3. The summed E-state index contributed by atoms with van der Waals surface area (Å²) < 4.78 is 29.6. The first-order chi connectivity index (χ1) is 19.3. The van der Waals surface area contributed by atoms with Gasteiger partial charge in [-0.25, -0.2) is 8.42 Å². The summed E-state index contributed by atoms with van der Waals surface area (Å²) in [6, 6.07) is 17.3. The van der Waals surface area contributed by atoms with Gasteiger partial charge in [-0.2, -0.15) is 0 Å². The molecule has 0 bridgehead atoms. The highest BCUT2D eigenvalue weighted by atomic mass is 79.9. The number of nitrogens with one attached hydrogen (secondary N) is 1. The average Bonchev–Trinajstić information content (AvgIpc) is 2.92. The molecule has 2 amide bonds. The molecule has 1 atom stereocenters. The summed E-state index contributed by atoms with van der Waals surface area (Å²) >= 11 is 15.8. The van der Waals surface area contributed by atoms with Crippen LogP contribution < -0.4 is 9.62 Å². The summed E-state index contributed by atoms with van der Waals surface area (Å²) in [6.07, 6.45) is 0.318. The number of hydrogen-bond donors (Lipinski definition) is 1. The summed E-state index contributed by atoms with van der Waals surface area (Å²) in [6.45, 7) is 7.57. The molecule has 0 unspecified atom stereocenters. The van der Waals surface area contributed by atoms with Gasteiger partial charge in [0.2, 0.25) is 11.8 Å². The number of sulfonamides is 1. The van der Waals surface area contributed by atoms with Gasteiger partial charge in [0.25, 0.3) is 10.0 Å². The average molecular weight is 683 g/mol. The maximum atomic E-state index is 14.1. The molecule has 0 aromatic heterocycles. The zero-order valence-corrected chi connectivity index (χ0v) is 27.3. The Labute approximate surface area is 261 Å². The van der Waals surface area contributed by atoms with E-state index in [2.05, 4.69) is 21.2 Å². The Balaban J connectivity index is 2.06. The molecule has 220 valence electrons. The highest BCUT2D eigenvalue weighted by Gasteiger charge is 2.33. The lowest BCUT2D eigenvalue weighted by Gasteiger charge is -2.33. The number of hydrogen-bond acceptors (Lipinski definition) is 4. The zero-order valence-electron chi connectivity index (χ0n) is 23.4. The summed E-state index contributed by atoms with van der Waals surface area (Å²) in [5, 5.41) is 3.58. The summed E-state index contributed by atoms with van der Waals surface area (Å²) in [4.78, 5) is 28.9. The molecule has 0 aliphatic carbocycles. The lowest BCUT2D eigenvalue weighted by molar-refractivity contribution is -0.140. The predicted octanol–water partition coefficient (Wildman–Crippen LogP) is 6.84. The van der Waals surface area contributed by atoms with Gasteiger partial charge in [-0.05, 0) is 67.3 Å². The third kappa shape index (κ3) is 8.70. The molecule has 0 aliphatic rings. The molecule has 0 spiro atoms. The number of rotatable bonds is 12. The molecule has 7 nitrogen and oxygen atoms in total. The first kappa shape index (κ1) is 32.9. The third-order valence-electron chi connectivity index (χ3n) is 6.39. The van der Waals surface area contributed by atoms with Crippen molar-refractivity contribution in [2.45, 2.75) is 51.6 Å². The van der Waals surface area contributed by atoms with Crippen LogP contribution >= 0.6 is 39.1 Å². The third-order valence-corrected chi connectivity index (χ3v) is 9.41. The number of carbonyl (C=O) groups is 2. The van der Waals surface area contributed by atoms with Crippen molar-refractivity contribution < 1.29 is 18.0 Å². The number of nitrogens with zero attached hydrogens (tertiary/aromatic N) is 2. The zero-order chi connectivity index (χ0) is 30.3. The fourth-order valence-corrected chi connectivity index (χ4v) is 6.29. The quantitative estimate of drug-likeness (QED) is 0.227. The first-order valence-corrected chi connectivity index (χ1v) is 16.2. The van der Waals surface area contributed by atoms with E-state index in [1.165, 1.54) is 17.0 Å². The molecular weight excluding hydrogens is 649 g/mol. The van der Waals surface area contributed by atoms with E-state index in [4.69, 9.17) is 23.2 Å². The molecule has 41 heavy (non-hydrogen) atoms.